The van der Waals surface area contributed by atoms with E-state index in [4.69, 9.17) is 9.05 Å². The van der Waals surface area contributed by atoms with Gasteiger partial charge < -0.3 is 9.05 Å². The Morgan fingerprint density at radius 1 is 1.12 bits per heavy atom. The van der Waals surface area contributed by atoms with E-state index in [1.54, 1.807) is 44.2 Å². The second-order valence-electron chi connectivity index (χ2n) is 5.54. The van der Waals surface area contributed by atoms with E-state index >= 15 is 0 Å². The SMILES string of the molecule is CC(C)NS(=O)(=O)Cc1ccc(-c2noc(-c3ccon3)n2)cc1. The first kappa shape index (κ1) is 16.3. The third-order valence-corrected chi connectivity index (χ3v) is 4.61. The largest absolute Gasteiger partial charge is 0.364 e. The summed E-state index contributed by atoms with van der Waals surface area (Å²) in [7, 11) is -3.36. The summed E-state index contributed by atoms with van der Waals surface area (Å²) in [5.74, 6) is 0.566. The minimum Gasteiger partial charge on any atom is -0.364 e. The van der Waals surface area contributed by atoms with Crippen LogP contribution in [0.15, 0.2) is 45.6 Å². The van der Waals surface area contributed by atoms with E-state index in [-0.39, 0.29) is 17.7 Å². The predicted molar refractivity (Wildman–Crippen MR) is 86.1 cm³/mol. The average Bonchev–Trinajstić information content (AvgIpc) is 3.17. The topological polar surface area (TPSA) is 111 Å². The first-order valence-corrected chi connectivity index (χ1v) is 8.92. The standard InChI is InChI=1S/C15H16N4O4S/c1-10(2)19-24(20,21)9-11-3-5-12(6-4-11)14-16-15(23-18-14)13-7-8-22-17-13/h3-8,10,19H,9H2,1-2H3. The number of rotatable bonds is 6. The lowest BCUT2D eigenvalue weighted by atomic mass is 10.1. The van der Waals surface area contributed by atoms with Gasteiger partial charge in [0.1, 0.15) is 6.26 Å². The summed E-state index contributed by atoms with van der Waals surface area (Å²) in [6.07, 6.45) is 1.42. The number of aromatic nitrogens is 3. The van der Waals surface area contributed by atoms with Gasteiger partial charge in [-0.1, -0.05) is 34.6 Å². The van der Waals surface area contributed by atoms with Crippen LogP contribution in [-0.2, 0) is 15.8 Å². The summed E-state index contributed by atoms with van der Waals surface area (Å²) >= 11 is 0. The fourth-order valence-corrected chi connectivity index (χ4v) is 3.57. The van der Waals surface area contributed by atoms with E-state index in [0.717, 1.165) is 0 Å². The van der Waals surface area contributed by atoms with Crippen molar-refractivity contribution in [2.45, 2.75) is 25.6 Å². The molecule has 0 fully saturated rings. The highest BCUT2D eigenvalue weighted by molar-refractivity contribution is 7.88. The van der Waals surface area contributed by atoms with Gasteiger partial charge in [-0.2, -0.15) is 4.98 Å². The normalized spacial score (nSPS) is 12.0. The molecule has 0 saturated carbocycles. The molecule has 0 aliphatic rings. The quantitative estimate of drug-likeness (QED) is 0.727. The van der Waals surface area contributed by atoms with Crippen LogP contribution in [0.25, 0.3) is 23.0 Å². The molecule has 3 aromatic rings. The summed E-state index contributed by atoms with van der Waals surface area (Å²) in [5.41, 5.74) is 1.84. The van der Waals surface area contributed by atoms with Gasteiger partial charge in [0.25, 0.3) is 5.89 Å². The van der Waals surface area contributed by atoms with Crippen molar-refractivity contribution < 1.29 is 17.5 Å². The highest BCUT2D eigenvalue weighted by atomic mass is 32.2. The van der Waals surface area contributed by atoms with Gasteiger partial charge in [-0.05, 0) is 19.4 Å². The highest BCUT2D eigenvalue weighted by Gasteiger charge is 2.15. The van der Waals surface area contributed by atoms with E-state index in [2.05, 4.69) is 20.0 Å². The van der Waals surface area contributed by atoms with Crippen molar-refractivity contribution in [3.8, 4) is 23.0 Å². The monoisotopic (exact) mass is 348 g/mol. The molecule has 0 bridgehead atoms. The Labute approximate surface area is 138 Å². The van der Waals surface area contributed by atoms with Crippen LogP contribution < -0.4 is 4.72 Å². The van der Waals surface area contributed by atoms with E-state index in [9.17, 15) is 8.42 Å². The van der Waals surface area contributed by atoms with Crippen molar-refractivity contribution in [2.24, 2.45) is 0 Å². The van der Waals surface area contributed by atoms with Crippen LogP contribution >= 0.6 is 0 Å². The lowest BCUT2D eigenvalue weighted by Crippen LogP contribution is -2.31. The Morgan fingerprint density at radius 2 is 1.88 bits per heavy atom. The van der Waals surface area contributed by atoms with Crippen molar-refractivity contribution in [1.82, 2.24) is 20.0 Å². The van der Waals surface area contributed by atoms with Gasteiger partial charge in [0.2, 0.25) is 15.8 Å². The van der Waals surface area contributed by atoms with Crippen molar-refractivity contribution in [3.63, 3.8) is 0 Å². The third-order valence-electron chi connectivity index (χ3n) is 3.07. The van der Waals surface area contributed by atoms with Crippen LogP contribution in [0.2, 0.25) is 0 Å². The number of sulfonamides is 1. The second kappa shape index (κ2) is 6.54. The maximum Gasteiger partial charge on any atom is 0.280 e. The third kappa shape index (κ3) is 3.87. The van der Waals surface area contributed by atoms with Gasteiger partial charge in [-0.15, -0.1) is 0 Å². The van der Waals surface area contributed by atoms with Crippen LogP contribution in [0.4, 0.5) is 0 Å². The molecule has 0 atom stereocenters. The average molecular weight is 348 g/mol. The Hall–Kier alpha value is -2.52. The molecule has 0 aliphatic carbocycles. The lowest BCUT2D eigenvalue weighted by Gasteiger charge is -2.09. The molecule has 2 aromatic heterocycles. The molecule has 0 unspecified atom stereocenters. The molecule has 0 spiro atoms. The van der Waals surface area contributed by atoms with E-state index < -0.39 is 10.0 Å². The van der Waals surface area contributed by atoms with Gasteiger partial charge in [0.05, 0.1) is 5.75 Å². The lowest BCUT2D eigenvalue weighted by molar-refractivity contribution is 0.405. The van der Waals surface area contributed by atoms with Crippen molar-refractivity contribution in [3.05, 3.63) is 42.2 Å². The van der Waals surface area contributed by atoms with Gasteiger partial charge in [-0.25, -0.2) is 13.1 Å². The molecule has 8 nitrogen and oxygen atoms in total. The van der Waals surface area contributed by atoms with Gasteiger partial charge >= 0.3 is 0 Å². The van der Waals surface area contributed by atoms with Crippen LogP contribution in [0.5, 0.6) is 0 Å². The van der Waals surface area contributed by atoms with Crippen LogP contribution in [0.1, 0.15) is 19.4 Å². The van der Waals surface area contributed by atoms with E-state index in [0.29, 0.717) is 22.6 Å². The Morgan fingerprint density at radius 3 is 2.50 bits per heavy atom. The van der Waals surface area contributed by atoms with E-state index in [1.165, 1.54) is 6.26 Å². The molecule has 0 radical (unpaired) electrons. The van der Waals surface area contributed by atoms with Crippen molar-refractivity contribution >= 4 is 10.0 Å². The zero-order chi connectivity index (χ0) is 17.2. The van der Waals surface area contributed by atoms with Crippen LogP contribution in [0.3, 0.4) is 0 Å². The minimum absolute atomic E-state index is 0.0815. The highest BCUT2D eigenvalue weighted by Crippen LogP contribution is 2.21. The first-order valence-electron chi connectivity index (χ1n) is 7.27. The molecule has 0 saturated heterocycles. The number of hydrogen-bond acceptors (Lipinski definition) is 7. The van der Waals surface area contributed by atoms with Gasteiger partial charge in [-0.3, -0.25) is 0 Å². The predicted octanol–water partition coefficient (Wildman–Crippen LogP) is 2.22. The Bertz CT molecular complexity index is 899. The summed E-state index contributed by atoms with van der Waals surface area (Å²) in [5, 5.41) is 7.61. The molecular weight excluding hydrogens is 332 g/mol. The zero-order valence-corrected chi connectivity index (χ0v) is 13.9. The van der Waals surface area contributed by atoms with Crippen molar-refractivity contribution in [1.29, 1.82) is 0 Å². The van der Waals surface area contributed by atoms with Crippen LogP contribution in [-0.4, -0.2) is 29.8 Å². The molecule has 0 amide bonds. The molecule has 24 heavy (non-hydrogen) atoms. The number of benzene rings is 1. The zero-order valence-electron chi connectivity index (χ0n) is 13.1. The van der Waals surface area contributed by atoms with Gasteiger partial charge in [0.15, 0.2) is 5.69 Å². The maximum atomic E-state index is 11.9. The molecule has 1 aromatic carbocycles. The summed E-state index contributed by atoms with van der Waals surface area (Å²) in [6.45, 7) is 3.56. The first-order chi connectivity index (χ1) is 11.4. The Kier molecular flexibility index (Phi) is 4.45. The minimum atomic E-state index is -3.36. The fourth-order valence-electron chi connectivity index (χ4n) is 2.14. The Balaban J connectivity index is 1.75. The molecule has 1 N–H and O–H groups in total. The molecule has 0 aliphatic heterocycles. The second-order valence-corrected chi connectivity index (χ2v) is 7.29. The summed E-state index contributed by atoms with van der Waals surface area (Å²) in [4.78, 5) is 4.24. The number of hydrogen-bond donors (Lipinski definition) is 1. The smallest absolute Gasteiger partial charge is 0.280 e. The number of nitrogens with zero attached hydrogens (tertiary/aromatic N) is 3. The molecule has 9 heteroatoms. The fraction of sp³-hybridized carbons (Fsp3) is 0.267. The van der Waals surface area contributed by atoms with Gasteiger partial charge in [0, 0.05) is 17.7 Å². The van der Waals surface area contributed by atoms with Crippen molar-refractivity contribution in [2.75, 3.05) is 0 Å². The van der Waals surface area contributed by atoms with E-state index in [1.807, 2.05) is 0 Å². The number of nitrogens with one attached hydrogen (secondary N) is 1. The maximum absolute atomic E-state index is 11.9. The summed E-state index contributed by atoms with van der Waals surface area (Å²) in [6, 6.07) is 8.42. The molecule has 2 heterocycles. The van der Waals surface area contributed by atoms with Crippen LogP contribution in [0, 0.1) is 0 Å². The molecule has 126 valence electrons. The molecule has 3 rings (SSSR count). The summed E-state index contributed by atoms with van der Waals surface area (Å²) < 4.78 is 36.3. The molecular formula is C15H16N4O4S.